The van der Waals surface area contributed by atoms with Crippen LogP contribution >= 0.6 is 0 Å². The van der Waals surface area contributed by atoms with Crippen LogP contribution in [0.3, 0.4) is 0 Å². The summed E-state index contributed by atoms with van der Waals surface area (Å²) in [6.45, 7) is 1.87. The van der Waals surface area contributed by atoms with E-state index in [0.717, 1.165) is 41.6 Å². The van der Waals surface area contributed by atoms with Crippen LogP contribution in [0.5, 0.6) is 5.75 Å². The SMILES string of the molecule is COc1cccc2cc(C(C)NC(=O)c3nn(-c4ccc(F)cc4)c4c3CCC4)oc12. The molecule has 0 saturated heterocycles. The van der Waals surface area contributed by atoms with E-state index in [1.807, 2.05) is 31.2 Å². The predicted molar refractivity (Wildman–Crippen MR) is 114 cm³/mol. The minimum atomic E-state index is -0.349. The number of furan rings is 1. The van der Waals surface area contributed by atoms with Gasteiger partial charge in [-0.2, -0.15) is 5.10 Å². The van der Waals surface area contributed by atoms with E-state index in [9.17, 15) is 9.18 Å². The van der Waals surface area contributed by atoms with E-state index in [0.29, 0.717) is 22.8 Å². The van der Waals surface area contributed by atoms with Gasteiger partial charge in [0.15, 0.2) is 17.0 Å². The van der Waals surface area contributed by atoms with Gasteiger partial charge in [0.1, 0.15) is 11.6 Å². The van der Waals surface area contributed by atoms with Gasteiger partial charge in [0, 0.05) is 16.6 Å². The molecule has 0 saturated carbocycles. The summed E-state index contributed by atoms with van der Waals surface area (Å²) in [5.41, 5.74) is 3.79. The summed E-state index contributed by atoms with van der Waals surface area (Å²) in [6.07, 6.45) is 2.61. The summed E-state index contributed by atoms with van der Waals surface area (Å²) >= 11 is 0. The molecule has 7 heteroatoms. The van der Waals surface area contributed by atoms with Crippen LogP contribution in [0.4, 0.5) is 4.39 Å². The Morgan fingerprint density at radius 2 is 2.03 bits per heavy atom. The fourth-order valence-corrected chi connectivity index (χ4v) is 4.18. The molecule has 4 aromatic rings. The van der Waals surface area contributed by atoms with E-state index in [1.54, 1.807) is 23.9 Å². The maximum atomic E-state index is 13.3. The smallest absolute Gasteiger partial charge is 0.272 e. The summed E-state index contributed by atoms with van der Waals surface area (Å²) in [7, 11) is 1.60. The number of methoxy groups -OCH3 is 1. The molecule has 1 N–H and O–H groups in total. The monoisotopic (exact) mass is 419 g/mol. The minimum absolute atomic E-state index is 0.251. The Morgan fingerprint density at radius 3 is 2.81 bits per heavy atom. The molecule has 2 heterocycles. The summed E-state index contributed by atoms with van der Waals surface area (Å²) in [5.74, 6) is 0.737. The van der Waals surface area contributed by atoms with Crippen LogP contribution in [0, 0.1) is 5.82 Å². The summed E-state index contributed by atoms with van der Waals surface area (Å²) in [5, 5.41) is 8.50. The number of halogens is 1. The quantitative estimate of drug-likeness (QED) is 0.507. The Bertz CT molecular complexity index is 1270. The molecule has 0 fully saturated rings. The normalized spacial score (nSPS) is 13.9. The van der Waals surface area contributed by atoms with Crippen molar-refractivity contribution in [1.29, 1.82) is 0 Å². The Kier molecular flexibility index (Phi) is 4.73. The summed E-state index contributed by atoms with van der Waals surface area (Å²) in [4.78, 5) is 13.1. The first kappa shape index (κ1) is 19.4. The molecule has 2 aromatic heterocycles. The number of nitrogens with one attached hydrogen (secondary N) is 1. The maximum absolute atomic E-state index is 13.3. The van der Waals surface area contributed by atoms with Crippen LogP contribution in [0.1, 0.15) is 46.9 Å². The van der Waals surface area contributed by atoms with Gasteiger partial charge in [0.25, 0.3) is 5.91 Å². The standard InChI is InChI=1S/C24H22FN3O3/c1-14(21-13-15-5-3-8-20(30-2)23(15)31-21)26-24(29)22-18-6-4-7-19(18)28(27-22)17-11-9-16(25)10-12-17/h3,5,8-14H,4,6-7H2,1-2H3,(H,26,29). The van der Waals surface area contributed by atoms with Crippen molar-refractivity contribution in [2.45, 2.75) is 32.2 Å². The Labute approximate surface area is 178 Å². The van der Waals surface area contributed by atoms with E-state index in [2.05, 4.69) is 10.4 Å². The first-order chi connectivity index (χ1) is 15.0. The van der Waals surface area contributed by atoms with E-state index >= 15 is 0 Å². The lowest BCUT2D eigenvalue weighted by Crippen LogP contribution is -2.27. The average molecular weight is 419 g/mol. The summed E-state index contributed by atoms with van der Waals surface area (Å²) in [6, 6.07) is 13.4. The number of para-hydroxylation sites is 1. The zero-order valence-corrected chi connectivity index (χ0v) is 17.3. The fraction of sp³-hybridized carbons (Fsp3) is 0.250. The van der Waals surface area contributed by atoms with Crippen molar-refractivity contribution in [2.24, 2.45) is 0 Å². The first-order valence-corrected chi connectivity index (χ1v) is 10.3. The van der Waals surface area contributed by atoms with Crippen molar-refractivity contribution in [3.05, 3.63) is 77.1 Å². The number of ether oxygens (including phenoxy) is 1. The molecule has 158 valence electrons. The molecule has 0 radical (unpaired) electrons. The van der Waals surface area contributed by atoms with Gasteiger partial charge in [-0.05, 0) is 62.6 Å². The van der Waals surface area contributed by atoms with Gasteiger partial charge in [-0.15, -0.1) is 0 Å². The number of hydrogen-bond donors (Lipinski definition) is 1. The zero-order valence-electron chi connectivity index (χ0n) is 17.3. The van der Waals surface area contributed by atoms with Crippen molar-refractivity contribution in [3.8, 4) is 11.4 Å². The molecule has 5 rings (SSSR count). The number of amides is 1. The number of carbonyl (C=O) groups is 1. The number of aromatic nitrogens is 2. The van der Waals surface area contributed by atoms with Crippen LogP contribution in [0.2, 0.25) is 0 Å². The highest BCUT2D eigenvalue weighted by Gasteiger charge is 2.28. The number of carbonyl (C=O) groups excluding carboxylic acids is 1. The highest BCUT2D eigenvalue weighted by Crippen LogP contribution is 2.32. The van der Waals surface area contributed by atoms with Gasteiger partial charge in [0.05, 0.1) is 18.8 Å². The Morgan fingerprint density at radius 1 is 1.23 bits per heavy atom. The van der Waals surface area contributed by atoms with Crippen molar-refractivity contribution < 1.29 is 18.3 Å². The number of rotatable bonds is 5. The average Bonchev–Trinajstić information content (AvgIpc) is 3.48. The van der Waals surface area contributed by atoms with Gasteiger partial charge in [-0.25, -0.2) is 9.07 Å². The molecule has 0 aliphatic heterocycles. The second kappa shape index (κ2) is 7.58. The van der Waals surface area contributed by atoms with Gasteiger partial charge < -0.3 is 14.5 Å². The molecular weight excluding hydrogens is 397 g/mol. The molecule has 0 bridgehead atoms. The van der Waals surface area contributed by atoms with E-state index in [-0.39, 0.29) is 17.8 Å². The lowest BCUT2D eigenvalue weighted by Gasteiger charge is -2.11. The molecule has 31 heavy (non-hydrogen) atoms. The van der Waals surface area contributed by atoms with Crippen LogP contribution in [-0.4, -0.2) is 22.8 Å². The third-order valence-corrected chi connectivity index (χ3v) is 5.74. The highest BCUT2D eigenvalue weighted by molar-refractivity contribution is 5.94. The number of hydrogen-bond acceptors (Lipinski definition) is 4. The Hall–Kier alpha value is -3.61. The van der Waals surface area contributed by atoms with E-state index < -0.39 is 0 Å². The predicted octanol–water partition coefficient (Wildman–Crippen LogP) is 4.75. The van der Waals surface area contributed by atoms with Crippen LogP contribution in [0.25, 0.3) is 16.7 Å². The molecule has 1 amide bonds. The second-order valence-corrected chi connectivity index (χ2v) is 7.74. The van der Waals surface area contributed by atoms with Crippen LogP contribution in [0.15, 0.2) is 52.9 Å². The molecular formula is C24H22FN3O3. The lowest BCUT2D eigenvalue weighted by atomic mass is 10.1. The van der Waals surface area contributed by atoms with Gasteiger partial charge in [-0.1, -0.05) is 12.1 Å². The molecule has 1 unspecified atom stereocenters. The number of benzene rings is 2. The second-order valence-electron chi connectivity index (χ2n) is 7.74. The third kappa shape index (κ3) is 3.36. The number of fused-ring (bicyclic) bond motifs is 2. The third-order valence-electron chi connectivity index (χ3n) is 5.74. The van der Waals surface area contributed by atoms with Crippen LogP contribution in [-0.2, 0) is 12.8 Å². The van der Waals surface area contributed by atoms with Gasteiger partial charge in [-0.3, -0.25) is 4.79 Å². The number of nitrogens with zero attached hydrogens (tertiary/aromatic N) is 2. The van der Waals surface area contributed by atoms with Gasteiger partial charge in [0.2, 0.25) is 0 Å². The zero-order chi connectivity index (χ0) is 21.5. The topological polar surface area (TPSA) is 69.3 Å². The maximum Gasteiger partial charge on any atom is 0.272 e. The summed E-state index contributed by atoms with van der Waals surface area (Å²) < 4.78 is 26.4. The molecule has 6 nitrogen and oxygen atoms in total. The van der Waals surface area contributed by atoms with Crippen molar-refractivity contribution in [3.63, 3.8) is 0 Å². The molecule has 1 aliphatic carbocycles. The minimum Gasteiger partial charge on any atom is -0.493 e. The largest absolute Gasteiger partial charge is 0.493 e. The van der Waals surface area contributed by atoms with Crippen LogP contribution < -0.4 is 10.1 Å². The molecule has 1 atom stereocenters. The van der Waals surface area contributed by atoms with E-state index in [1.165, 1.54) is 12.1 Å². The van der Waals surface area contributed by atoms with Crippen molar-refractivity contribution >= 4 is 16.9 Å². The first-order valence-electron chi connectivity index (χ1n) is 10.3. The molecule has 1 aliphatic rings. The molecule has 0 spiro atoms. The van der Waals surface area contributed by atoms with E-state index in [4.69, 9.17) is 9.15 Å². The highest BCUT2D eigenvalue weighted by atomic mass is 19.1. The Balaban J connectivity index is 1.43. The fourth-order valence-electron chi connectivity index (χ4n) is 4.18. The molecule has 2 aromatic carbocycles. The van der Waals surface area contributed by atoms with Gasteiger partial charge >= 0.3 is 0 Å². The van der Waals surface area contributed by atoms with Crippen molar-refractivity contribution in [1.82, 2.24) is 15.1 Å². The van der Waals surface area contributed by atoms with Crippen molar-refractivity contribution in [2.75, 3.05) is 7.11 Å². The lowest BCUT2D eigenvalue weighted by molar-refractivity contribution is 0.0929.